The number of aromatic nitrogens is 2. The number of hydrogen-bond acceptors (Lipinski definition) is 9. The summed E-state index contributed by atoms with van der Waals surface area (Å²) in [5, 5.41) is 14.6. The topological polar surface area (TPSA) is 112 Å². The number of benzene rings is 1. The van der Waals surface area contributed by atoms with E-state index in [4.69, 9.17) is 15.1 Å². The van der Waals surface area contributed by atoms with E-state index in [1.807, 2.05) is 0 Å². The van der Waals surface area contributed by atoms with E-state index in [1.54, 1.807) is 12.1 Å². The van der Waals surface area contributed by atoms with Crippen molar-refractivity contribution in [1.29, 1.82) is 5.41 Å². The number of halogens is 2. The number of rotatable bonds is 8. The maximum Gasteiger partial charge on any atom is 0.263 e. The van der Waals surface area contributed by atoms with E-state index in [1.165, 1.54) is 18.3 Å². The van der Waals surface area contributed by atoms with Crippen LogP contribution in [0.1, 0.15) is 30.4 Å². The van der Waals surface area contributed by atoms with Gasteiger partial charge in [-0.25, -0.2) is 8.78 Å². The summed E-state index contributed by atoms with van der Waals surface area (Å²) in [6, 6.07) is 6.54. The molecule has 12 heteroatoms. The van der Waals surface area contributed by atoms with Crippen LogP contribution < -0.4 is 15.5 Å². The lowest BCUT2D eigenvalue weighted by molar-refractivity contribution is 0.0104. The van der Waals surface area contributed by atoms with Crippen LogP contribution in [-0.2, 0) is 15.9 Å². The lowest BCUT2D eigenvalue weighted by Gasteiger charge is -2.47. The Balaban J connectivity index is 1.41. The molecule has 5 rings (SSSR count). The number of alkyl halides is 2. The summed E-state index contributed by atoms with van der Waals surface area (Å²) < 4.78 is 43.8. The Morgan fingerprint density at radius 1 is 1.17 bits per heavy atom. The zero-order chi connectivity index (χ0) is 25.1. The van der Waals surface area contributed by atoms with Gasteiger partial charge in [0, 0.05) is 68.6 Å². The van der Waals surface area contributed by atoms with E-state index in [-0.39, 0.29) is 11.6 Å². The molecule has 2 aromatic rings. The fourth-order valence-corrected chi connectivity index (χ4v) is 6.10. The molecule has 1 aromatic carbocycles. The van der Waals surface area contributed by atoms with Gasteiger partial charge >= 0.3 is 0 Å². The molecular weight excluding hydrogens is 488 g/mol. The summed E-state index contributed by atoms with van der Waals surface area (Å²) in [5.74, 6) is 2.72. The standard InChI is InChI=1S/C24H31F2N7O2S/c25-21(26)16-2-1-3-18(12-16)28-22-20(13-27)23(33-14-19(15-33)32-6-8-35-9-7-32)31-24(30-22)29-17-4-10-36(34)11-5-17/h1-3,12-13,17,19,21,27H,4-11,14-15H2,(H2,28,29,30,31). The molecule has 1 aromatic heterocycles. The van der Waals surface area contributed by atoms with Gasteiger partial charge in [0.05, 0.1) is 18.8 Å². The highest BCUT2D eigenvalue weighted by molar-refractivity contribution is 7.91. The van der Waals surface area contributed by atoms with Gasteiger partial charge in [-0.05, 0) is 12.1 Å². The molecule has 9 nitrogen and oxygen atoms in total. The van der Waals surface area contributed by atoms with Crippen molar-refractivity contribution in [1.82, 2.24) is 14.9 Å². The molecule has 3 saturated heterocycles. The first-order valence-corrected chi connectivity index (χ1v) is 13.7. The third-order valence-electron chi connectivity index (χ3n) is 6.92. The van der Waals surface area contributed by atoms with Gasteiger partial charge in [-0.3, -0.25) is 4.90 Å². The van der Waals surface area contributed by atoms with Gasteiger partial charge in [-0.1, -0.05) is 23.3 Å². The third kappa shape index (κ3) is 5.72. The molecule has 0 aliphatic carbocycles. The summed E-state index contributed by atoms with van der Waals surface area (Å²) >= 11 is -0.778. The van der Waals surface area contributed by atoms with Crippen molar-refractivity contribution in [2.24, 2.45) is 0 Å². The smallest absolute Gasteiger partial charge is 0.263 e. The number of morpholine rings is 1. The first-order chi connectivity index (χ1) is 17.5. The number of nitrogens with zero attached hydrogens (tertiary/aromatic N) is 4. The molecule has 194 valence electrons. The molecular formula is C24H31F2N7O2S. The quantitative estimate of drug-likeness (QED) is 0.361. The molecule has 0 amide bonds. The van der Waals surface area contributed by atoms with Crippen LogP contribution in [0.15, 0.2) is 24.3 Å². The van der Waals surface area contributed by atoms with Gasteiger partial charge in [0.2, 0.25) is 5.95 Å². The zero-order valence-corrected chi connectivity index (χ0v) is 20.8. The fourth-order valence-electron chi connectivity index (χ4n) is 4.80. The fraction of sp³-hybridized carbons (Fsp3) is 0.542. The average molecular weight is 520 g/mol. The number of ether oxygens (including phenoxy) is 1. The van der Waals surface area contributed by atoms with Crippen LogP contribution in [0.4, 0.5) is 32.1 Å². The first-order valence-electron chi connectivity index (χ1n) is 12.3. The Labute approximate surface area is 212 Å². The molecule has 0 bridgehead atoms. The maximum atomic E-state index is 13.3. The second-order valence-corrected chi connectivity index (χ2v) is 11.0. The Hall–Kier alpha value is -2.54. The Bertz CT molecular complexity index is 1060. The molecule has 0 radical (unpaired) electrons. The number of nitrogens with one attached hydrogen (secondary N) is 3. The lowest BCUT2D eigenvalue weighted by Crippen LogP contribution is -2.62. The van der Waals surface area contributed by atoms with Crippen molar-refractivity contribution in [3.63, 3.8) is 0 Å². The van der Waals surface area contributed by atoms with Crippen molar-refractivity contribution < 1.29 is 18.1 Å². The normalized spacial score (nSPS) is 23.4. The van der Waals surface area contributed by atoms with Gasteiger partial charge in [0.1, 0.15) is 23.1 Å². The minimum absolute atomic E-state index is 0.0877. The van der Waals surface area contributed by atoms with Gasteiger partial charge in [-0.2, -0.15) is 9.97 Å². The summed E-state index contributed by atoms with van der Waals surface area (Å²) in [5.41, 5.74) is 0.887. The third-order valence-corrected chi connectivity index (χ3v) is 8.30. The molecule has 36 heavy (non-hydrogen) atoms. The second-order valence-electron chi connectivity index (χ2n) is 9.30. The van der Waals surface area contributed by atoms with Gasteiger partial charge in [0.15, 0.2) is 0 Å². The van der Waals surface area contributed by atoms with Gasteiger partial charge in [-0.15, -0.1) is 0 Å². The summed E-state index contributed by atoms with van der Waals surface area (Å²) in [6.07, 6.45) is 0.158. The van der Waals surface area contributed by atoms with E-state index < -0.39 is 17.6 Å². The van der Waals surface area contributed by atoms with Crippen molar-refractivity contribution in [3.8, 4) is 0 Å². The minimum Gasteiger partial charge on any atom is -0.616 e. The maximum absolute atomic E-state index is 13.3. The molecule has 3 aliphatic rings. The highest BCUT2D eigenvalue weighted by Crippen LogP contribution is 2.32. The van der Waals surface area contributed by atoms with Gasteiger partial charge < -0.3 is 30.2 Å². The zero-order valence-electron chi connectivity index (χ0n) is 20.0. The van der Waals surface area contributed by atoms with Crippen LogP contribution in [0.5, 0.6) is 0 Å². The van der Waals surface area contributed by atoms with Crippen LogP contribution in [0.25, 0.3) is 0 Å². The van der Waals surface area contributed by atoms with Crippen molar-refractivity contribution >= 4 is 40.7 Å². The molecule has 0 saturated carbocycles. The predicted molar refractivity (Wildman–Crippen MR) is 138 cm³/mol. The lowest BCUT2D eigenvalue weighted by atomic mass is 10.1. The average Bonchev–Trinajstić information content (AvgIpc) is 2.85. The van der Waals surface area contributed by atoms with Crippen molar-refractivity contribution in [2.75, 3.05) is 66.4 Å². The molecule has 3 N–H and O–H groups in total. The molecule has 0 unspecified atom stereocenters. The Morgan fingerprint density at radius 2 is 1.92 bits per heavy atom. The van der Waals surface area contributed by atoms with Crippen LogP contribution in [0.2, 0.25) is 0 Å². The molecule has 0 atom stereocenters. The monoisotopic (exact) mass is 519 g/mol. The minimum atomic E-state index is -2.58. The predicted octanol–water partition coefficient (Wildman–Crippen LogP) is 3.00. The Morgan fingerprint density at radius 3 is 2.61 bits per heavy atom. The van der Waals surface area contributed by atoms with Crippen LogP contribution in [0, 0.1) is 5.41 Å². The summed E-state index contributed by atoms with van der Waals surface area (Å²) in [4.78, 5) is 14.0. The molecule has 3 aliphatic heterocycles. The van der Waals surface area contributed by atoms with E-state index in [0.717, 1.165) is 52.2 Å². The molecule has 0 spiro atoms. The number of hydrogen-bond donors (Lipinski definition) is 3. The summed E-state index contributed by atoms with van der Waals surface area (Å²) in [7, 11) is 0. The van der Waals surface area contributed by atoms with Crippen molar-refractivity contribution in [2.45, 2.75) is 31.4 Å². The van der Waals surface area contributed by atoms with Gasteiger partial charge in [0.25, 0.3) is 6.43 Å². The van der Waals surface area contributed by atoms with E-state index in [0.29, 0.717) is 46.4 Å². The summed E-state index contributed by atoms with van der Waals surface area (Å²) in [6.45, 7) is 4.84. The Kier molecular flexibility index (Phi) is 7.85. The van der Waals surface area contributed by atoms with E-state index in [2.05, 4.69) is 25.4 Å². The second kappa shape index (κ2) is 11.2. The van der Waals surface area contributed by atoms with Crippen LogP contribution >= 0.6 is 0 Å². The SMILES string of the molecule is N=Cc1c(Nc2cccc(C(F)F)c2)nc(NC2CC[S+]([O-])CC2)nc1N1CC(N2CCOCC2)C1. The number of anilines is 4. The highest BCUT2D eigenvalue weighted by atomic mass is 32.2. The molecule has 4 heterocycles. The van der Waals surface area contributed by atoms with E-state index >= 15 is 0 Å². The van der Waals surface area contributed by atoms with E-state index in [9.17, 15) is 13.3 Å². The highest BCUT2D eigenvalue weighted by Gasteiger charge is 2.35. The first kappa shape index (κ1) is 25.1. The molecule has 3 fully saturated rings. The van der Waals surface area contributed by atoms with Crippen molar-refractivity contribution in [3.05, 3.63) is 35.4 Å². The van der Waals surface area contributed by atoms with Crippen LogP contribution in [-0.4, -0.2) is 88.6 Å². The van der Waals surface area contributed by atoms with Crippen LogP contribution in [0.3, 0.4) is 0 Å². The largest absolute Gasteiger partial charge is 0.616 e.